The van der Waals surface area contributed by atoms with Crippen molar-refractivity contribution >= 4 is 23.5 Å². The largest absolute Gasteiger partial charge is 0.465 e. The smallest absolute Gasteiger partial charge is 0.409 e. The van der Waals surface area contributed by atoms with E-state index in [1.807, 2.05) is 18.2 Å². The van der Waals surface area contributed by atoms with Gasteiger partial charge >= 0.3 is 6.09 Å². The number of nitrogens with zero attached hydrogens (tertiary/aromatic N) is 1. The number of hydrogen-bond acceptors (Lipinski definition) is 3. The Morgan fingerprint density at radius 2 is 1.50 bits per heavy atom. The molecule has 0 saturated heterocycles. The minimum Gasteiger partial charge on any atom is -0.465 e. The predicted octanol–water partition coefficient (Wildman–Crippen LogP) is 2.23. The van der Waals surface area contributed by atoms with E-state index in [-0.39, 0.29) is 17.8 Å². The molecule has 0 bridgehead atoms. The molecular weight excluding hydrogens is 308 g/mol. The number of nitrogens with one attached hydrogen (secondary N) is 1. The molecule has 0 aliphatic carbocycles. The molecule has 3 rings (SSSR count). The Kier molecular flexibility index (Phi) is 4.11. The zero-order chi connectivity index (χ0) is 17.1. The third-order valence-corrected chi connectivity index (χ3v) is 3.65. The maximum Gasteiger partial charge on any atom is 0.409 e. The van der Waals surface area contributed by atoms with Crippen molar-refractivity contribution in [1.82, 2.24) is 10.2 Å². The van der Waals surface area contributed by atoms with E-state index in [4.69, 9.17) is 5.11 Å². The van der Waals surface area contributed by atoms with Crippen LogP contribution in [0.15, 0.2) is 66.4 Å². The van der Waals surface area contributed by atoms with Crippen molar-refractivity contribution in [3.05, 3.63) is 77.5 Å². The fourth-order valence-corrected chi connectivity index (χ4v) is 2.58. The van der Waals surface area contributed by atoms with Gasteiger partial charge < -0.3 is 5.11 Å². The molecule has 0 saturated carbocycles. The molecule has 6 nitrogen and oxygen atoms in total. The minimum absolute atomic E-state index is 0.0685. The summed E-state index contributed by atoms with van der Waals surface area (Å²) in [4.78, 5) is 37.4. The lowest BCUT2D eigenvalue weighted by atomic mass is 10.1. The van der Waals surface area contributed by atoms with Crippen LogP contribution in [-0.2, 0) is 16.1 Å². The van der Waals surface area contributed by atoms with Crippen molar-refractivity contribution in [2.45, 2.75) is 6.54 Å². The highest BCUT2D eigenvalue weighted by Gasteiger charge is 2.39. The van der Waals surface area contributed by atoms with Gasteiger partial charge in [0.05, 0.1) is 12.1 Å². The van der Waals surface area contributed by atoms with Crippen LogP contribution in [0.3, 0.4) is 0 Å². The van der Waals surface area contributed by atoms with Crippen LogP contribution in [0.4, 0.5) is 4.79 Å². The fourth-order valence-electron chi connectivity index (χ4n) is 2.58. The van der Waals surface area contributed by atoms with Crippen molar-refractivity contribution in [3.8, 4) is 0 Å². The van der Waals surface area contributed by atoms with Gasteiger partial charge in [0, 0.05) is 0 Å². The molecule has 1 heterocycles. The van der Waals surface area contributed by atoms with Crippen LogP contribution < -0.4 is 5.32 Å². The molecule has 1 aliphatic heterocycles. The van der Waals surface area contributed by atoms with Crippen LogP contribution >= 0.6 is 0 Å². The predicted molar refractivity (Wildman–Crippen MR) is 86.5 cm³/mol. The van der Waals surface area contributed by atoms with Gasteiger partial charge in [-0.25, -0.2) is 4.79 Å². The highest BCUT2D eigenvalue weighted by atomic mass is 16.4. The van der Waals surface area contributed by atoms with Crippen LogP contribution in [0.1, 0.15) is 11.1 Å². The summed E-state index contributed by atoms with van der Waals surface area (Å²) < 4.78 is 0. The number of carbonyl (C=O) groups excluding carboxylic acids is 2. The van der Waals surface area contributed by atoms with E-state index >= 15 is 0 Å². The van der Waals surface area contributed by atoms with Gasteiger partial charge in [0.1, 0.15) is 5.70 Å². The zero-order valence-electron chi connectivity index (χ0n) is 12.6. The first kappa shape index (κ1) is 15.5. The third-order valence-electron chi connectivity index (χ3n) is 3.65. The number of carbonyl (C=O) groups is 3. The van der Waals surface area contributed by atoms with E-state index in [0.29, 0.717) is 5.56 Å². The molecule has 0 atom stereocenters. The Bertz CT molecular complexity index is 829. The van der Waals surface area contributed by atoms with Gasteiger partial charge in [0.2, 0.25) is 0 Å². The number of benzene rings is 2. The van der Waals surface area contributed by atoms with E-state index in [9.17, 15) is 14.4 Å². The molecule has 24 heavy (non-hydrogen) atoms. The molecule has 3 amide bonds. The molecule has 0 spiro atoms. The molecule has 2 aromatic carbocycles. The van der Waals surface area contributed by atoms with Gasteiger partial charge in [-0.2, -0.15) is 0 Å². The second kappa shape index (κ2) is 6.37. The Morgan fingerprint density at radius 1 is 0.917 bits per heavy atom. The summed E-state index contributed by atoms with van der Waals surface area (Å²) in [5.74, 6) is -1.16. The Labute approximate surface area is 138 Å². The van der Waals surface area contributed by atoms with Gasteiger partial charge in [-0.1, -0.05) is 60.7 Å². The molecule has 0 fully saturated rings. The quantitative estimate of drug-likeness (QED) is 0.845. The number of rotatable bonds is 4. The number of imide groups is 1. The maximum atomic E-state index is 12.7. The van der Waals surface area contributed by atoms with Crippen molar-refractivity contribution in [3.63, 3.8) is 0 Å². The van der Waals surface area contributed by atoms with Crippen molar-refractivity contribution in [2.24, 2.45) is 0 Å². The van der Waals surface area contributed by atoms with E-state index in [0.717, 1.165) is 10.5 Å². The summed E-state index contributed by atoms with van der Waals surface area (Å²) in [7, 11) is 0. The lowest BCUT2D eigenvalue weighted by Crippen LogP contribution is -2.34. The van der Waals surface area contributed by atoms with Gasteiger partial charge in [-0.05, 0) is 11.1 Å². The number of hydrogen-bond donors (Lipinski definition) is 2. The van der Waals surface area contributed by atoms with Crippen LogP contribution in [-0.4, -0.2) is 27.9 Å². The minimum atomic E-state index is -1.39. The van der Waals surface area contributed by atoms with Gasteiger partial charge in [0.15, 0.2) is 0 Å². The van der Waals surface area contributed by atoms with E-state index < -0.39 is 17.9 Å². The van der Waals surface area contributed by atoms with Crippen molar-refractivity contribution < 1.29 is 19.5 Å². The van der Waals surface area contributed by atoms with E-state index in [2.05, 4.69) is 5.32 Å². The van der Waals surface area contributed by atoms with E-state index in [1.54, 1.807) is 42.5 Å². The molecule has 120 valence electrons. The second-order valence-corrected chi connectivity index (χ2v) is 5.23. The SMILES string of the molecule is O=C(O)NC1=C(c2ccccc2)C(=O)N(Cc2ccccc2)C1=O. The summed E-state index contributed by atoms with van der Waals surface area (Å²) in [5.41, 5.74) is 1.13. The van der Waals surface area contributed by atoms with Gasteiger partial charge in [-0.3, -0.25) is 19.8 Å². The van der Waals surface area contributed by atoms with Crippen molar-refractivity contribution in [2.75, 3.05) is 0 Å². The standard InChI is InChI=1S/C18H14N2O4/c21-16-14(13-9-5-2-6-10-13)15(19-18(23)24)17(22)20(16)11-12-7-3-1-4-8-12/h1-10,19H,11H2,(H,23,24). The summed E-state index contributed by atoms with van der Waals surface area (Å²) >= 11 is 0. The average Bonchev–Trinajstić information content (AvgIpc) is 2.81. The summed E-state index contributed by atoms with van der Waals surface area (Å²) in [5, 5.41) is 11.1. The molecular formula is C18H14N2O4. The average molecular weight is 322 g/mol. The number of amides is 3. The van der Waals surface area contributed by atoms with Crippen LogP contribution in [0.25, 0.3) is 5.57 Å². The Hall–Kier alpha value is -3.41. The summed E-state index contributed by atoms with van der Waals surface area (Å²) in [6.07, 6.45) is -1.39. The van der Waals surface area contributed by atoms with Gasteiger partial charge in [-0.15, -0.1) is 0 Å². The lowest BCUT2D eigenvalue weighted by Gasteiger charge is -2.15. The maximum absolute atomic E-state index is 12.7. The first-order chi connectivity index (χ1) is 11.6. The molecule has 2 N–H and O–H groups in total. The molecule has 0 radical (unpaired) electrons. The highest BCUT2D eigenvalue weighted by Crippen LogP contribution is 2.29. The fraction of sp³-hybridized carbons (Fsp3) is 0.0556. The molecule has 1 aliphatic rings. The number of carboxylic acid groups (broad SMARTS) is 1. The molecule has 0 unspecified atom stereocenters. The highest BCUT2D eigenvalue weighted by molar-refractivity contribution is 6.36. The topological polar surface area (TPSA) is 86.7 Å². The summed E-state index contributed by atoms with van der Waals surface area (Å²) in [6, 6.07) is 17.6. The van der Waals surface area contributed by atoms with Crippen molar-refractivity contribution in [1.29, 1.82) is 0 Å². The monoisotopic (exact) mass is 322 g/mol. The molecule has 0 aromatic heterocycles. The van der Waals surface area contributed by atoms with Crippen LogP contribution in [0.2, 0.25) is 0 Å². The first-order valence-corrected chi connectivity index (χ1v) is 7.27. The lowest BCUT2D eigenvalue weighted by molar-refractivity contribution is -0.137. The zero-order valence-corrected chi connectivity index (χ0v) is 12.6. The Morgan fingerprint density at radius 3 is 2.08 bits per heavy atom. The van der Waals surface area contributed by atoms with Gasteiger partial charge in [0.25, 0.3) is 11.8 Å². The van der Waals surface area contributed by atoms with Crippen LogP contribution in [0, 0.1) is 0 Å². The molecule has 6 heteroatoms. The Balaban J connectivity index is 1.99. The molecule has 2 aromatic rings. The first-order valence-electron chi connectivity index (χ1n) is 7.27. The van der Waals surface area contributed by atoms with Crippen LogP contribution in [0.5, 0.6) is 0 Å². The van der Waals surface area contributed by atoms with E-state index in [1.165, 1.54) is 0 Å². The second-order valence-electron chi connectivity index (χ2n) is 5.23. The normalized spacial score (nSPS) is 14.2. The summed E-state index contributed by atoms with van der Waals surface area (Å²) in [6.45, 7) is 0.0830. The third kappa shape index (κ3) is 2.89.